The summed E-state index contributed by atoms with van der Waals surface area (Å²) in [5.74, 6) is 0.268. The van der Waals surface area contributed by atoms with Crippen LogP contribution in [0.3, 0.4) is 0 Å². The van der Waals surface area contributed by atoms with Crippen molar-refractivity contribution >= 4 is 18.9 Å². The molecule has 0 radical (unpaired) electrons. The van der Waals surface area contributed by atoms with E-state index in [0.29, 0.717) is 0 Å². The van der Waals surface area contributed by atoms with Gasteiger partial charge in [-0.2, -0.15) is 0 Å². The summed E-state index contributed by atoms with van der Waals surface area (Å²) >= 11 is 0. The molecule has 1 fully saturated rings. The third-order valence-electron chi connectivity index (χ3n) is 5.47. The summed E-state index contributed by atoms with van der Waals surface area (Å²) in [5, 5.41) is 3.20. The maximum Gasteiger partial charge on any atom is 0.268 e. The highest BCUT2D eigenvalue weighted by Gasteiger charge is 2.60. The fraction of sp³-hybridized carbons (Fsp3) is 0.611. The van der Waals surface area contributed by atoms with E-state index in [1.165, 1.54) is 23.1 Å². The van der Waals surface area contributed by atoms with Crippen LogP contribution in [0.2, 0.25) is 0 Å². The quantitative estimate of drug-likeness (QED) is 0.798. The Morgan fingerprint density at radius 1 is 1.19 bits per heavy atom. The zero-order chi connectivity index (χ0) is 15.8. The molecule has 1 aliphatic carbocycles. The molecule has 1 amide bonds. The van der Waals surface area contributed by atoms with Crippen molar-refractivity contribution in [3.8, 4) is 0 Å². The van der Waals surface area contributed by atoms with Crippen molar-refractivity contribution in [2.45, 2.75) is 52.1 Å². The van der Waals surface area contributed by atoms with Crippen LogP contribution in [0.15, 0.2) is 12.1 Å². The standard InChI is InChI=1S/C18H28NOP/c1-7-21(5,6)18(9-8-10-18)17(20)19-16-14(3)11-13(2)12-15(16)4/h11-12H,7-10H2,1-6H3/p+1. The number of anilines is 1. The third kappa shape index (κ3) is 2.75. The van der Waals surface area contributed by atoms with E-state index in [2.05, 4.69) is 58.5 Å². The molecule has 116 valence electrons. The van der Waals surface area contributed by atoms with E-state index in [1.54, 1.807) is 0 Å². The van der Waals surface area contributed by atoms with Gasteiger partial charge < -0.3 is 5.32 Å². The maximum absolute atomic E-state index is 13.0. The first-order valence-electron chi connectivity index (χ1n) is 7.96. The average molecular weight is 306 g/mol. The number of benzene rings is 1. The number of carbonyl (C=O) groups excluding carboxylic acids is 1. The second-order valence-corrected chi connectivity index (χ2v) is 12.0. The summed E-state index contributed by atoms with van der Waals surface area (Å²) in [6.07, 6.45) is 4.48. The Morgan fingerprint density at radius 3 is 2.10 bits per heavy atom. The molecule has 0 unspecified atom stereocenters. The van der Waals surface area contributed by atoms with Crippen LogP contribution >= 0.6 is 7.26 Å². The second kappa shape index (κ2) is 5.72. The molecule has 1 saturated carbocycles. The number of carbonyl (C=O) groups is 1. The first kappa shape index (κ1) is 16.5. The molecule has 0 aliphatic heterocycles. The van der Waals surface area contributed by atoms with Gasteiger partial charge in [0.15, 0.2) is 5.16 Å². The van der Waals surface area contributed by atoms with Crippen molar-refractivity contribution in [2.75, 3.05) is 24.8 Å². The van der Waals surface area contributed by atoms with Crippen molar-refractivity contribution in [2.24, 2.45) is 0 Å². The lowest BCUT2D eigenvalue weighted by atomic mass is 9.83. The number of aryl methyl sites for hydroxylation is 3. The molecule has 1 aromatic rings. The van der Waals surface area contributed by atoms with Crippen molar-refractivity contribution in [1.29, 1.82) is 0 Å². The van der Waals surface area contributed by atoms with Gasteiger partial charge >= 0.3 is 0 Å². The maximum atomic E-state index is 13.0. The normalized spacial score (nSPS) is 17.2. The van der Waals surface area contributed by atoms with Gasteiger partial charge in [-0.1, -0.05) is 17.7 Å². The molecule has 21 heavy (non-hydrogen) atoms. The number of nitrogens with one attached hydrogen (secondary N) is 1. The van der Waals surface area contributed by atoms with Gasteiger partial charge in [-0.05, 0) is 58.1 Å². The Labute approximate surface area is 130 Å². The number of hydrogen-bond donors (Lipinski definition) is 1. The first-order chi connectivity index (χ1) is 9.73. The van der Waals surface area contributed by atoms with E-state index in [4.69, 9.17) is 0 Å². The van der Waals surface area contributed by atoms with Gasteiger partial charge in [0.05, 0.1) is 6.16 Å². The molecule has 1 N–H and O–H groups in total. The van der Waals surface area contributed by atoms with Crippen molar-refractivity contribution < 1.29 is 4.79 Å². The first-order valence-corrected chi connectivity index (χ1v) is 10.8. The van der Waals surface area contributed by atoms with Crippen LogP contribution < -0.4 is 5.32 Å². The molecule has 2 nitrogen and oxygen atoms in total. The van der Waals surface area contributed by atoms with Gasteiger partial charge in [0.2, 0.25) is 0 Å². The molecule has 1 aromatic carbocycles. The number of rotatable bonds is 4. The Balaban J connectivity index is 2.30. The summed E-state index contributed by atoms with van der Waals surface area (Å²) < 4.78 is 0. The Bertz CT molecular complexity index is 535. The smallest absolute Gasteiger partial charge is 0.268 e. The zero-order valence-corrected chi connectivity index (χ0v) is 15.2. The summed E-state index contributed by atoms with van der Waals surface area (Å²) in [6, 6.07) is 4.30. The predicted octanol–water partition coefficient (Wildman–Crippen LogP) is 4.77. The summed E-state index contributed by atoms with van der Waals surface area (Å²) in [4.78, 5) is 13.0. The van der Waals surface area contributed by atoms with E-state index in [1.807, 2.05) is 0 Å². The lowest BCUT2D eigenvalue weighted by Crippen LogP contribution is -2.50. The van der Waals surface area contributed by atoms with Crippen LogP contribution in [0.1, 0.15) is 42.9 Å². The van der Waals surface area contributed by atoms with Gasteiger partial charge in [0.25, 0.3) is 5.91 Å². The highest BCUT2D eigenvalue weighted by Crippen LogP contribution is 2.70. The third-order valence-corrected chi connectivity index (χ3v) is 10.0. The SMILES string of the molecule is CC[P+](C)(C)C1(C(=O)Nc2c(C)cc(C)cc2C)CCC1. The molecule has 0 saturated heterocycles. The molecule has 2 rings (SSSR count). The lowest BCUT2D eigenvalue weighted by Gasteiger charge is -2.45. The minimum atomic E-state index is -1.20. The molecule has 0 spiro atoms. The monoisotopic (exact) mass is 306 g/mol. The Hall–Kier alpha value is -0.880. The second-order valence-electron chi connectivity index (χ2n) is 7.11. The van der Waals surface area contributed by atoms with Crippen LogP contribution in [-0.4, -0.2) is 30.6 Å². The molecule has 0 aromatic heterocycles. The Morgan fingerprint density at radius 2 is 1.71 bits per heavy atom. The highest BCUT2D eigenvalue weighted by molar-refractivity contribution is 7.77. The molecule has 0 heterocycles. The van der Waals surface area contributed by atoms with E-state index >= 15 is 0 Å². The summed E-state index contributed by atoms with van der Waals surface area (Å²) in [6.45, 7) is 13.2. The zero-order valence-electron chi connectivity index (χ0n) is 14.3. The number of amides is 1. The minimum Gasteiger partial charge on any atom is -0.322 e. The van der Waals surface area contributed by atoms with E-state index < -0.39 is 7.26 Å². The van der Waals surface area contributed by atoms with Gasteiger partial charge in [-0.3, -0.25) is 4.79 Å². The summed E-state index contributed by atoms with van der Waals surface area (Å²) in [5.41, 5.74) is 4.61. The average Bonchev–Trinajstić information content (AvgIpc) is 2.31. The minimum absolute atomic E-state index is 0.0779. The van der Waals surface area contributed by atoms with Crippen LogP contribution in [0.5, 0.6) is 0 Å². The molecule has 0 bridgehead atoms. The largest absolute Gasteiger partial charge is 0.322 e. The van der Waals surface area contributed by atoms with Gasteiger partial charge in [0.1, 0.15) is 0 Å². The van der Waals surface area contributed by atoms with Gasteiger partial charge in [-0.15, -0.1) is 0 Å². The highest BCUT2D eigenvalue weighted by atomic mass is 31.2. The fourth-order valence-corrected chi connectivity index (χ4v) is 6.27. The predicted molar refractivity (Wildman–Crippen MR) is 95.2 cm³/mol. The van der Waals surface area contributed by atoms with E-state index in [0.717, 1.165) is 24.7 Å². The van der Waals surface area contributed by atoms with Crippen LogP contribution in [0, 0.1) is 20.8 Å². The topological polar surface area (TPSA) is 29.1 Å². The fourth-order valence-electron chi connectivity index (χ4n) is 3.53. The lowest BCUT2D eigenvalue weighted by molar-refractivity contribution is -0.120. The molecular weight excluding hydrogens is 277 g/mol. The van der Waals surface area contributed by atoms with Crippen molar-refractivity contribution in [3.05, 3.63) is 28.8 Å². The van der Waals surface area contributed by atoms with E-state index in [9.17, 15) is 4.79 Å². The van der Waals surface area contributed by atoms with Crippen LogP contribution in [0.25, 0.3) is 0 Å². The molecule has 1 aliphatic rings. The van der Waals surface area contributed by atoms with Gasteiger partial charge in [0, 0.05) is 26.3 Å². The van der Waals surface area contributed by atoms with Crippen LogP contribution in [-0.2, 0) is 4.79 Å². The van der Waals surface area contributed by atoms with Gasteiger partial charge in [-0.25, -0.2) is 0 Å². The number of hydrogen-bond acceptors (Lipinski definition) is 1. The Kier molecular flexibility index (Phi) is 4.49. The summed E-state index contributed by atoms with van der Waals surface area (Å²) in [7, 11) is -1.20. The molecule has 0 atom stereocenters. The van der Waals surface area contributed by atoms with Crippen LogP contribution in [0.4, 0.5) is 5.69 Å². The molecule has 3 heteroatoms. The molecular formula is C18H29NOP+. The van der Waals surface area contributed by atoms with Crippen molar-refractivity contribution in [3.63, 3.8) is 0 Å². The van der Waals surface area contributed by atoms with E-state index in [-0.39, 0.29) is 11.1 Å². The van der Waals surface area contributed by atoms with Crippen molar-refractivity contribution in [1.82, 2.24) is 0 Å².